The molecule has 25 heavy (non-hydrogen) atoms. The maximum Gasteiger partial charge on any atom is 0.319 e. The van der Waals surface area contributed by atoms with E-state index < -0.39 is 0 Å². The molecule has 134 valence electrons. The van der Waals surface area contributed by atoms with Crippen LogP contribution in [-0.2, 0) is 32.9 Å². The maximum atomic E-state index is 12.4. The molecular formula is C19H27N5O. The molecule has 1 aromatic heterocycles. The lowest BCUT2D eigenvalue weighted by Crippen LogP contribution is -2.29. The first-order chi connectivity index (χ1) is 12.0. The van der Waals surface area contributed by atoms with Crippen LogP contribution >= 0.6 is 0 Å². The summed E-state index contributed by atoms with van der Waals surface area (Å²) in [6, 6.07) is 5.89. The molecule has 0 atom stereocenters. The molecule has 0 aliphatic carbocycles. The Bertz CT molecular complexity index is 780. The van der Waals surface area contributed by atoms with E-state index in [1.165, 1.54) is 16.9 Å². The van der Waals surface area contributed by atoms with E-state index in [0.29, 0.717) is 6.54 Å². The topological polar surface area (TPSA) is 62.2 Å². The van der Waals surface area contributed by atoms with Gasteiger partial charge in [-0.25, -0.2) is 4.79 Å². The van der Waals surface area contributed by atoms with E-state index in [0.717, 1.165) is 42.8 Å². The molecule has 3 rings (SSSR count). The van der Waals surface area contributed by atoms with Crippen molar-refractivity contribution in [3.8, 4) is 0 Å². The lowest BCUT2D eigenvalue weighted by Gasteiger charge is -2.14. The average Bonchev–Trinajstić information content (AvgIpc) is 3.13. The highest BCUT2D eigenvalue weighted by atomic mass is 16.2. The van der Waals surface area contributed by atoms with E-state index in [9.17, 15) is 4.79 Å². The van der Waals surface area contributed by atoms with Crippen LogP contribution in [0.1, 0.15) is 36.4 Å². The largest absolute Gasteiger partial charge is 0.374 e. The molecular weight excluding hydrogens is 314 g/mol. The fourth-order valence-electron chi connectivity index (χ4n) is 3.64. The molecule has 0 spiro atoms. The Morgan fingerprint density at radius 3 is 2.76 bits per heavy atom. The molecule has 2 N–H and O–H groups in total. The van der Waals surface area contributed by atoms with Crippen LogP contribution in [-0.4, -0.2) is 29.4 Å². The van der Waals surface area contributed by atoms with Crippen molar-refractivity contribution in [2.75, 3.05) is 23.8 Å². The first-order valence-electron chi connectivity index (χ1n) is 8.96. The molecule has 0 bridgehead atoms. The molecule has 2 heterocycles. The summed E-state index contributed by atoms with van der Waals surface area (Å²) in [5.41, 5.74) is 6.69. The van der Waals surface area contributed by atoms with Gasteiger partial charge >= 0.3 is 6.03 Å². The predicted molar refractivity (Wildman–Crippen MR) is 101 cm³/mol. The zero-order valence-corrected chi connectivity index (χ0v) is 15.5. The van der Waals surface area contributed by atoms with E-state index in [4.69, 9.17) is 0 Å². The number of rotatable bonds is 5. The van der Waals surface area contributed by atoms with Gasteiger partial charge in [0, 0.05) is 55.4 Å². The van der Waals surface area contributed by atoms with Gasteiger partial charge < -0.3 is 15.5 Å². The minimum atomic E-state index is -0.170. The number of fused-ring (bicyclic) bond motifs is 1. The molecule has 0 unspecified atom stereocenters. The fourth-order valence-corrected chi connectivity index (χ4v) is 3.64. The number of anilines is 2. The van der Waals surface area contributed by atoms with Crippen molar-refractivity contribution < 1.29 is 4.79 Å². The number of nitrogens with zero attached hydrogens (tertiary/aromatic N) is 3. The van der Waals surface area contributed by atoms with Gasteiger partial charge in [-0.1, -0.05) is 19.9 Å². The Morgan fingerprint density at radius 2 is 2.04 bits per heavy atom. The zero-order chi connectivity index (χ0) is 18.0. The summed E-state index contributed by atoms with van der Waals surface area (Å²) in [6.07, 6.45) is 2.73. The summed E-state index contributed by atoms with van der Waals surface area (Å²) < 4.78 is 1.92. The average molecular weight is 341 g/mol. The molecule has 0 saturated carbocycles. The number of carbonyl (C=O) groups is 1. The second-order valence-electron chi connectivity index (χ2n) is 6.49. The number of hydrogen-bond donors (Lipinski definition) is 2. The predicted octanol–water partition coefficient (Wildman–Crippen LogP) is 2.86. The van der Waals surface area contributed by atoms with Crippen molar-refractivity contribution in [2.24, 2.45) is 7.05 Å². The lowest BCUT2D eigenvalue weighted by molar-refractivity contribution is 0.251. The van der Waals surface area contributed by atoms with Crippen LogP contribution in [0, 0.1) is 0 Å². The summed E-state index contributed by atoms with van der Waals surface area (Å²) in [6.45, 7) is 5.70. The summed E-state index contributed by atoms with van der Waals surface area (Å²) in [7, 11) is 4.04. The number of aryl methyl sites for hydroxylation is 2. The molecule has 6 nitrogen and oxygen atoms in total. The van der Waals surface area contributed by atoms with Gasteiger partial charge in [-0.15, -0.1) is 0 Å². The summed E-state index contributed by atoms with van der Waals surface area (Å²) in [5.74, 6) is 0. The summed E-state index contributed by atoms with van der Waals surface area (Å²) in [5, 5.41) is 10.6. The molecule has 1 aliphatic heterocycles. The Hall–Kier alpha value is -2.50. The van der Waals surface area contributed by atoms with Crippen LogP contribution in [0.25, 0.3) is 0 Å². The van der Waals surface area contributed by atoms with Gasteiger partial charge in [0.15, 0.2) is 0 Å². The van der Waals surface area contributed by atoms with Crippen molar-refractivity contribution in [3.05, 3.63) is 40.7 Å². The zero-order valence-electron chi connectivity index (χ0n) is 15.5. The summed E-state index contributed by atoms with van der Waals surface area (Å²) >= 11 is 0. The molecule has 0 fully saturated rings. The van der Waals surface area contributed by atoms with Crippen LogP contribution in [0.2, 0.25) is 0 Å². The highest BCUT2D eigenvalue weighted by Gasteiger charge is 2.20. The normalized spacial score (nSPS) is 13.0. The standard InChI is InChI=1S/C19H27N5O/c1-5-15-14(17(6-2)24(4)22-15)12-20-19(25)21-16-8-7-9-18-13(16)10-11-23(18)3/h7-9H,5-6,10-12H2,1-4H3,(H2,20,21,25). The number of amides is 2. The second kappa shape index (κ2) is 7.17. The quantitative estimate of drug-likeness (QED) is 0.879. The second-order valence-corrected chi connectivity index (χ2v) is 6.49. The van der Waals surface area contributed by atoms with Gasteiger partial charge in [-0.05, 0) is 31.4 Å². The van der Waals surface area contributed by atoms with Crippen LogP contribution in [0.5, 0.6) is 0 Å². The van der Waals surface area contributed by atoms with Crippen molar-refractivity contribution in [1.29, 1.82) is 0 Å². The smallest absolute Gasteiger partial charge is 0.319 e. The van der Waals surface area contributed by atoms with Crippen molar-refractivity contribution in [1.82, 2.24) is 15.1 Å². The fraction of sp³-hybridized carbons (Fsp3) is 0.474. The summed E-state index contributed by atoms with van der Waals surface area (Å²) in [4.78, 5) is 14.6. The number of nitrogens with one attached hydrogen (secondary N) is 2. The van der Waals surface area contributed by atoms with Crippen LogP contribution in [0.3, 0.4) is 0 Å². The molecule has 1 aromatic carbocycles. The molecule has 2 aromatic rings. The SMILES string of the molecule is CCc1nn(C)c(CC)c1CNC(=O)Nc1cccc2c1CCN2C. The third-order valence-corrected chi connectivity index (χ3v) is 4.96. The number of urea groups is 1. The van der Waals surface area contributed by atoms with Crippen LogP contribution < -0.4 is 15.5 Å². The molecule has 0 saturated heterocycles. The Morgan fingerprint density at radius 1 is 1.24 bits per heavy atom. The highest BCUT2D eigenvalue weighted by molar-refractivity contribution is 5.91. The minimum Gasteiger partial charge on any atom is -0.374 e. The number of carbonyl (C=O) groups excluding carboxylic acids is 1. The van der Waals surface area contributed by atoms with Gasteiger partial charge in [0.1, 0.15) is 0 Å². The molecule has 0 radical (unpaired) electrons. The van der Waals surface area contributed by atoms with E-state index in [-0.39, 0.29) is 6.03 Å². The van der Waals surface area contributed by atoms with Crippen molar-refractivity contribution >= 4 is 17.4 Å². The molecule has 6 heteroatoms. The van der Waals surface area contributed by atoms with Gasteiger partial charge in [-0.2, -0.15) is 5.10 Å². The number of likely N-dealkylation sites (N-methyl/N-ethyl adjacent to an activating group) is 1. The minimum absolute atomic E-state index is 0.170. The third kappa shape index (κ3) is 3.34. The van der Waals surface area contributed by atoms with E-state index >= 15 is 0 Å². The Kier molecular flexibility index (Phi) is 4.97. The van der Waals surface area contributed by atoms with Gasteiger partial charge in [0.2, 0.25) is 0 Å². The van der Waals surface area contributed by atoms with Crippen molar-refractivity contribution in [2.45, 2.75) is 39.7 Å². The molecule has 1 aliphatic rings. The van der Waals surface area contributed by atoms with Crippen LogP contribution in [0.4, 0.5) is 16.2 Å². The maximum absolute atomic E-state index is 12.4. The molecule has 2 amide bonds. The first kappa shape index (κ1) is 17.3. The number of benzene rings is 1. The first-order valence-corrected chi connectivity index (χ1v) is 8.96. The van der Waals surface area contributed by atoms with Crippen molar-refractivity contribution in [3.63, 3.8) is 0 Å². The van der Waals surface area contributed by atoms with Gasteiger partial charge in [0.25, 0.3) is 0 Å². The Labute approximate surface area is 149 Å². The highest BCUT2D eigenvalue weighted by Crippen LogP contribution is 2.32. The number of aromatic nitrogens is 2. The van der Waals surface area contributed by atoms with E-state index in [1.807, 2.05) is 23.9 Å². The van der Waals surface area contributed by atoms with Crippen LogP contribution in [0.15, 0.2) is 18.2 Å². The Balaban J connectivity index is 1.69. The van der Waals surface area contributed by atoms with E-state index in [1.54, 1.807) is 0 Å². The number of hydrogen-bond acceptors (Lipinski definition) is 3. The van der Waals surface area contributed by atoms with Gasteiger partial charge in [0.05, 0.1) is 5.69 Å². The lowest BCUT2D eigenvalue weighted by atomic mass is 10.1. The van der Waals surface area contributed by atoms with E-state index in [2.05, 4.69) is 47.6 Å². The third-order valence-electron chi connectivity index (χ3n) is 4.96. The monoisotopic (exact) mass is 341 g/mol. The van der Waals surface area contributed by atoms with Gasteiger partial charge in [-0.3, -0.25) is 4.68 Å².